The number of ketones is 1. The number of hydrogen-bond donors (Lipinski definition) is 2. The Balaban J connectivity index is 2.64. The van der Waals surface area contributed by atoms with Gasteiger partial charge < -0.3 is 10.2 Å². The van der Waals surface area contributed by atoms with Gasteiger partial charge in [0.1, 0.15) is 0 Å². The minimum absolute atomic E-state index is 0.304. The summed E-state index contributed by atoms with van der Waals surface area (Å²) in [6, 6.07) is 0. The second-order valence-electron chi connectivity index (χ2n) is 5.37. The van der Waals surface area contributed by atoms with Gasteiger partial charge >= 0.3 is 0 Å². The SMILES string of the molecule is CCCCCC1=CC(=O)[C@](O)(CCCC)[C@H](O)C1. The summed E-state index contributed by atoms with van der Waals surface area (Å²) < 4.78 is 0. The minimum atomic E-state index is -1.54. The summed E-state index contributed by atoms with van der Waals surface area (Å²) in [4.78, 5) is 12.0. The van der Waals surface area contributed by atoms with E-state index in [1.807, 2.05) is 6.92 Å². The number of unbranched alkanes of at least 4 members (excludes halogenated alkanes) is 3. The molecule has 0 fully saturated rings. The van der Waals surface area contributed by atoms with Crippen LogP contribution in [0, 0.1) is 0 Å². The summed E-state index contributed by atoms with van der Waals surface area (Å²) in [5.74, 6) is -0.304. The number of carbonyl (C=O) groups excluding carboxylic acids is 1. The summed E-state index contributed by atoms with van der Waals surface area (Å²) >= 11 is 0. The van der Waals surface area contributed by atoms with Gasteiger partial charge in [0.15, 0.2) is 11.4 Å². The first-order valence-electron chi connectivity index (χ1n) is 7.19. The lowest BCUT2D eigenvalue weighted by Crippen LogP contribution is -2.51. The fraction of sp³-hybridized carbons (Fsp3) is 0.800. The molecule has 0 aromatic carbocycles. The van der Waals surface area contributed by atoms with Gasteiger partial charge in [-0.05, 0) is 31.8 Å². The summed E-state index contributed by atoms with van der Waals surface area (Å²) in [6.07, 6.45) is 7.31. The van der Waals surface area contributed by atoms with E-state index >= 15 is 0 Å². The maximum Gasteiger partial charge on any atom is 0.189 e. The lowest BCUT2D eigenvalue weighted by atomic mass is 9.77. The van der Waals surface area contributed by atoms with Gasteiger partial charge in [-0.25, -0.2) is 0 Å². The maximum absolute atomic E-state index is 12.0. The Morgan fingerprint density at radius 2 is 1.94 bits per heavy atom. The predicted octanol–water partition coefficient (Wildman–Crippen LogP) is 2.75. The zero-order chi connectivity index (χ0) is 13.6. The highest BCUT2D eigenvalue weighted by Crippen LogP contribution is 2.31. The highest BCUT2D eigenvalue weighted by atomic mass is 16.3. The molecule has 104 valence electrons. The molecule has 0 bridgehead atoms. The number of aliphatic hydroxyl groups excluding tert-OH is 1. The Morgan fingerprint density at radius 3 is 2.50 bits per heavy atom. The first-order valence-corrected chi connectivity index (χ1v) is 7.19. The van der Waals surface area contributed by atoms with E-state index in [1.54, 1.807) is 6.08 Å². The van der Waals surface area contributed by atoms with Crippen LogP contribution in [0.1, 0.15) is 65.2 Å². The molecule has 0 aromatic rings. The molecule has 1 rings (SSSR count). The third kappa shape index (κ3) is 3.66. The van der Waals surface area contributed by atoms with Crippen LogP contribution in [0.3, 0.4) is 0 Å². The van der Waals surface area contributed by atoms with E-state index in [-0.39, 0.29) is 5.78 Å². The van der Waals surface area contributed by atoms with Crippen molar-refractivity contribution < 1.29 is 15.0 Å². The molecule has 0 saturated heterocycles. The van der Waals surface area contributed by atoms with Crippen molar-refractivity contribution in [1.29, 1.82) is 0 Å². The van der Waals surface area contributed by atoms with E-state index in [1.165, 1.54) is 0 Å². The van der Waals surface area contributed by atoms with Crippen LogP contribution in [-0.2, 0) is 4.79 Å². The van der Waals surface area contributed by atoms with Crippen molar-refractivity contribution in [2.24, 2.45) is 0 Å². The first-order chi connectivity index (χ1) is 8.54. The topological polar surface area (TPSA) is 57.5 Å². The molecule has 0 radical (unpaired) electrons. The molecule has 1 aliphatic rings. The van der Waals surface area contributed by atoms with Crippen LogP contribution in [0.5, 0.6) is 0 Å². The summed E-state index contributed by atoms with van der Waals surface area (Å²) in [5, 5.41) is 20.3. The lowest BCUT2D eigenvalue weighted by Gasteiger charge is -2.35. The molecule has 0 aromatic heterocycles. The highest BCUT2D eigenvalue weighted by Gasteiger charge is 2.44. The molecule has 0 aliphatic heterocycles. The molecule has 1 aliphatic carbocycles. The van der Waals surface area contributed by atoms with Gasteiger partial charge in [-0.15, -0.1) is 0 Å². The van der Waals surface area contributed by atoms with Crippen LogP contribution in [0.4, 0.5) is 0 Å². The molecule has 0 saturated carbocycles. The third-order valence-corrected chi connectivity index (χ3v) is 3.78. The molecular weight excluding hydrogens is 228 g/mol. The summed E-state index contributed by atoms with van der Waals surface area (Å²) in [6.45, 7) is 4.15. The molecular formula is C15H26O3. The predicted molar refractivity (Wildman–Crippen MR) is 72.3 cm³/mol. The lowest BCUT2D eigenvalue weighted by molar-refractivity contribution is -0.148. The van der Waals surface area contributed by atoms with Gasteiger partial charge in [0, 0.05) is 0 Å². The monoisotopic (exact) mass is 254 g/mol. The Hall–Kier alpha value is -0.670. The van der Waals surface area contributed by atoms with Gasteiger partial charge in [0.2, 0.25) is 0 Å². The van der Waals surface area contributed by atoms with Crippen molar-refractivity contribution in [2.45, 2.75) is 76.9 Å². The molecule has 0 heterocycles. The Kier molecular flexibility index (Phi) is 6.03. The van der Waals surface area contributed by atoms with Gasteiger partial charge in [0.25, 0.3) is 0 Å². The molecule has 0 unspecified atom stereocenters. The molecule has 3 nitrogen and oxygen atoms in total. The maximum atomic E-state index is 12.0. The minimum Gasteiger partial charge on any atom is -0.389 e. The van der Waals surface area contributed by atoms with Crippen molar-refractivity contribution in [3.05, 3.63) is 11.6 Å². The van der Waals surface area contributed by atoms with E-state index in [9.17, 15) is 15.0 Å². The van der Waals surface area contributed by atoms with Crippen LogP contribution in [0.15, 0.2) is 11.6 Å². The van der Waals surface area contributed by atoms with Gasteiger partial charge in [0.05, 0.1) is 6.10 Å². The van der Waals surface area contributed by atoms with Gasteiger partial charge in [-0.3, -0.25) is 4.79 Å². The third-order valence-electron chi connectivity index (χ3n) is 3.78. The average molecular weight is 254 g/mol. The molecule has 0 spiro atoms. The van der Waals surface area contributed by atoms with Gasteiger partial charge in [-0.1, -0.05) is 45.1 Å². The van der Waals surface area contributed by atoms with Crippen molar-refractivity contribution >= 4 is 5.78 Å². The second kappa shape index (κ2) is 7.05. The summed E-state index contributed by atoms with van der Waals surface area (Å²) in [7, 11) is 0. The van der Waals surface area contributed by atoms with E-state index in [2.05, 4.69) is 6.92 Å². The van der Waals surface area contributed by atoms with E-state index in [4.69, 9.17) is 0 Å². The van der Waals surface area contributed by atoms with Crippen molar-refractivity contribution in [3.63, 3.8) is 0 Å². The molecule has 2 N–H and O–H groups in total. The zero-order valence-corrected chi connectivity index (χ0v) is 11.6. The Bertz CT molecular complexity index is 309. The van der Waals surface area contributed by atoms with E-state index in [0.29, 0.717) is 12.8 Å². The molecule has 3 heteroatoms. The molecule has 18 heavy (non-hydrogen) atoms. The normalized spacial score (nSPS) is 28.3. The number of carbonyl (C=O) groups is 1. The van der Waals surface area contributed by atoms with Crippen LogP contribution in [0.25, 0.3) is 0 Å². The zero-order valence-electron chi connectivity index (χ0n) is 11.6. The number of aliphatic hydroxyl groups is 2. The van der Waals surface area contributed by atoms with Crippen LogP contribution < -0.4 is 0 Å². The van der Waals surface area contributed by atoms with Crippen LogP contribution in [-0.4, -0.2) is 27.7 Å². The quantitative estimate of drug-likeness (QED) is 0.687. The number of rotatable bonds is 7. The standard InChI is InChI=1S/C15H26O3/c1-3-5-7-8-12-10-13(16)15(18,9-6-4-2)14(17)11-12/h10,14,17-18H,3-9,11H2,1-2H3/t14-,15-/m1/s1. The van der Waals surface area contributed by atoms with Crippen LogP contribution >= 0.6 is 0 Å². The molecule has 0 amide bonds. The van der Waals surface area contributed by atoms with Crippen LogP contribution in [0.2, 0.25) is 0 Å². The van der Waals surface area contributed by atoms with Crippen molar-refractivity contribution in [2.75, 3.05) is 0 Å². The average Bonchev–Trinajstić information content (AvgIpc) is 2.34. The first kappa shape index (κ1) is 15.4. The fourth-order valence-electron chi connectivity index (χ4n) is 2.46. The second-order valence-corrected chi connectivity index (χ2v) is 5.37. The van der Waals surface area contributed by atoms with E-state index < -0.39 is 11.7 Å². The van der Waals surface area contributed by atoms with E-state index in [0.717, 1.165) is 44.1 Å². The largest absolute Gasteiger partial charge is 0.389 e. The van der Waals surface area contributed by atoms with Crippen molar-refractivity contribution in [1.82, 2.24) is 0 Å². The fourth-order valence-corrected chi connectivity index (χ4v) is 2.46. The smallest absolute Gasteiger partial charge is 0.189 e. The Labute approximate surface area is 110 Å². The Morgan fingerprint density at radius 1 is 1.28 bits per heavy atom. The van der Waals surface area contributed by atoms with Crippen molar-refractivity contribution in [3.8, 4) is 0 Å². The number of hydrogen-bond acceptors (Lipinski definition) is 3. The molecule has 2 atom stereocenters. The highest BCUT2D eigenvalue weighted by molar-refractivity contribution is 5.99. The summed E-state index contributed by atoms with van der Waals surface area (Å²) in [5.41, 5.74) is -0.549. The van der Waals surface area contributed by atoms with Gasteiger partial charge in [-0.2, -0.15) is 0 Å².